The van der Waals surface area contributed by atoms with E-state index in [1.54, 1.807) is 0 Å². The third-order valence-electron chi connectivity index (χ3n) is 4.38. The summed E-state index contributed by atoms with van der Waals surface area (Å²) < 4.78 is 5.77. The van der Waals surface area contributed by atoms with Crippen LogP contribution in [0.25, 0.3) is 0 Å². The third kappa shape index (κ3) is 0.688. The molecule has 4 bridgehead atoms. The van der Waals surface area contributed by atoms with Crippen LogP contribution in [-0.2, 0) is 9.53 Å². The SMILES string of the molecule is CC1OC2(C(N)=O)CC3CCC2C31. The number of nitrogens with two attached hydrogens (primary N) is 1. The molecular formula is C10H15NO2. The van der Waals surface area contributed by atoms with Crippen molar-refractivity contribution in [1.82, 2.24) is 0 Å². The molecule has 3 fully saturated rings. The van der Waals surface area contributed by atoms with Crippen molar-refractivity contribution in [2.45, 2.75) is 37.9 Å². The van der Waals surface area contributed by atoms with Gasteiger partial charge in [-0.05, 0) is 38.0 Å². The van der Waals surface area contributed by atoms with Gasteiger partial charge in [0.1, 0.15) is 5.60 Å². The van der Waals surface area contributed by atoms with E-state index < -0.39 is 5.60 Å². The van der Waals surface area contributed by atoms with Gasteiger partial charge in [0.2, 0.25) is 5.91 Å². The Morgan fingerprint density at radius 3 is 2.85 bits per heavy atom. The second kappa shape index (κ2) is 2.08. The van der Waals surface area contributed by atoms with Gasteiger partial charge in [0.05, 0.1) is 6.10 Å². The van der Waals surface area contributed by atoms with E-state index >= 15 is 0 Å². The minimum absolute atomic E-state index is 0.228. The smallest absolute Gasteiger partial charge is 0.250 e. The molecule has 3 aliphatic rings. The summed E-state index contributed by atoms with van der Waals surface area (Å²) in [4.78, 5) is 11.4. The van der Waals surface area contributed by atoms with E-state index in [0.29, 0.717) is 17.8 Å². The van der Waals surface area contributed by atoms with Crippen LogP contribution in [0.5, 0.6) is 0 Å². The Labute approximate surface area is 77.6 Å². The van der Waals surface area contributed by atoms with Gasteiger partial charge >= 0.3 is 0 Å². The van der Waals surface area contributed by atoms with Crippen LogP contribution < -0.4 is 5.73 Å². The van der Waals surface area contributed by atoms with Gasteiger partial charge in [0.25, 0.3) is 0 Å². The number of ether oxygens (including phenoxy) is 1. The van der Waals surface area contributed by atoms with Crippen molar-refractivity contribution < 1.29 is 9.53 Å². The number of primary amides is 1. The molecular weight excluding hydrogens is 166 g/mol. The molecule has 3 rings (SSSR count). The zero-order chi connectivity index (χ0) is 9.22. The molecule has 3 heteroatoms. The second-order valence-corrected chi connectivity index (χ2v) is 4.80. The lowest BCUT2D eigenvalue weighted by molar-refractivity contribution is -0.153. The third-order valence-corrected chi connectivity index (χ3v) is 4.38. The van der Waals surface area contributed by atoms with Crippen LogP contribution in [0, 0.1) is 17.8 Å². The van der Waals surface area contributed by atoms with Crippen LogP contribution in [0.2, 0.25) is 0 Å². The first-order valence-corrected chi connectivity index (χ1v) is 5.13. The highest BCUT2D eigenvalue weighted by Gasteiger charge is 2.68. The fourth-order valence-electron chi connectivity index (χ4n) is 4.03. The van der Waals surface area contributed by atoms with Gasteiger partial charge in [-0.15, -0.1) is 0 Å². The summed E-state index contributed by atoms with van der Waals surface area (Å²) in [5.74, 6) is 1.54. The van der Waals surface area contributed by atoms with Crippen molar-refractivity contribution >= 4 is 5.91 Å². The number of hydrogen-bond donors (Lipinski definition) is 1. The average Bonchev–Trinajstić information content (AvgIpc) is 2.66. The number of rotatable bonds is 1. The topological polar surface area (TPSA) is 52.3 Å². The van der Waals surface area contributed by atoms with E-state index in [0.717, 1.165) is 12.8 Å². The first-order chi connectivity index (χ1) is 6.15. The minimum Gasteiger partial charge on any atom is -0.367 e. The molecule has 3 nitrogen and oxygen atoms in total. The van der Waals surface area contributed by atoms with Gasteiger partial charge in [-0.25, -0.2) is 0 Å². The van der Waals surface area contributed by atoms with Crippen LogP contribution in [0.4, 0.5) is 0 Å². The summed E-state index contributed by atoms with van der Waals surface area (Å²) in [5, 5.41) is 0. The van der Waals surface area contributed by atoms with Crippen molar-refractivity contribution in [3.05, 3.63) is 0 Å². The number of carbonyl (C=O) groups excluding carboxylic acids is 1. The highest BCUT2D eigenvalue weighted by molar-refractivity contribution is 5.85. The Balaban J connectivity index is 2.04. The van der Waals surface area contributed by atoms with Crippen LogP contribution in [0.15, 0.2) is 0 Å². The molecule has 5 unspecified atom stereocenters. The number of amides is 1. The molecule has 1 saturated heterocycles. The molecule has 2 saturated carbocycles. The van der Waals surface area contributed by atoms with Crippen molar-refractivity contribution in [3.8, 4) is 0 Å². The molecule has 5 atom stereocenters. The standard InChI is InChI=1S/C10H15NO2/c1-5-8-6-2-3-7(8)10(4-6,13-5)9(11)12/h5-8H,2-4H2,1H3,(H2,11,12). The molecule has 0 aromatic rings. The van der Waals surface area contributed by atoms with E-state index in [9.17, 15) is 4.79 Å². The van der Waals surface area contributed by atoms with Crippen molar-refractivity contribution in [1.29, 1.82) is 0 Å². The maximum atomic E-state index is 11.4. The Morgan fingerprint density at radius 2 is 2.31 bits per heavy atom. The first kappa shape index (κ1) is 7.80. The summed E-state index contributed by atoms with van der Waals surface area (Å²) in [6.45, 7) is 2.08. The highest BCUT2D eigenvalue weighted by atomic mass is 16.5. The quantitative estimate of drug-likeness (QED) is 0.646. The maximum absolute atomic E-state index is 11.4. The summed E-state index contributed by atoms with van der Waals surface area (Å²) in [6.07, 6.45) is 3.56. The first-order valence-electron chi connectivity index (χ1n) is 5.13. The Kier molecular flexibility index (Phi) is 1.25. The van der Waals surface area contributed by atoms with Gasteiger partial charge in [-0.1, -0.05) is 0 Å². The van der Waals surface area contributed by atoms with Gasteiger partial charge in [-0.2, -0.15) is 0 Å². The zero-order valence-electron chi connectivity index (χ0n) is 7.82. The summed E-state index contributed by atoms with van der Waals surface area (Å²) in [6, 6.07) is 0. The van der Waals surface area contributed by atoms with E-state index in [4.69, 9.17) is 10.5 Å². The fraction of sp³-hybridized carbons (Fsp3) is 0.900. The molecule has 72 valence electrons. The molecule has 0 spiro atoms. The van der Waals surface area contributed by atoms with Crippen molar-refractivity contribution in [3.63, 3.8) is 0 Å². The summed E-state index contributed by atoms with van der Waals surface area (Å²) in [7, 11) is 0. The highest BCUT2D eigenvalue weighted by Crippen LogP contribution is 2.63. The molecule has 0 radical (unpaired) electrons. The monoisotopic (exact) mass is 181 g/mol. The molecule has 13 heavy (non-hydrogen) atoms. The lowest BCUT2D eigenvalue weighted by Crippen LogP contribution is -2.49. The van der Waals surface area contributed by atoms with E-state index in [1.807, 2.05) is 0 Å². The maximum Gasteiger partial charge on any atom is 0.250 e. The van der Waals surface area contributed by atoms with Gasteiger partial charge in [0.15, 0.2) is 0 Å². The zero-order valence-corrected chi connectivity index (χ0v) is 7.82. The van der Waals surface area contributed by atoms with Crippen LogP contribution >= 0.6 is 0 Å². The predicted molar refractivity (Wildman–Crippen MR) is 46.8 cm³/mol. The van der Waals surface area contributed by atoms with E-state index in [2.05, 4.69) is 6.92 Å². The largest absolute Gasteiger partial charge is 0.367 e. The predicted octanol–water partition coefficient (Wildman–Crippen LogP) is 0.675. The Bertz CT molecular complexity index is 274. The molecule has 1 amide bonds. The fourth-order valence-corrected chi connectivity index (χ4v) is 4.03. The lowest BCUT2D eigenvalue weighted by Gasteiger charge is -2.34. The molecule has 2 aliphatic carbocycles. The summed E-state index contributed by atoms with van der Waals surface area (Å²) in [5.41, 5.74) is 4.89. The number of hydrogen-bond acceptors (Lipinski definition) is 2. The molecule has 1 aliphatic heterocycles. The van der Waals surface area contributed by atoms with Gasteiger partial charge < -0.3 is 10.5 Å². The van der Waals surface area contributed by atoms with Crippen LogP contribution in [0.1, 0.15) is 26.2 Å². The second-order valence-electron chi connectivity index (χ2n) is 4.80. The minimum atomic E-state index is -0.562. The Hall–Kier alpha value is -0.570. The number of carbonyl (C=O) groups is 1. The van der Waals surface area contributed by atoms with Gasteiger partial charge in [-0.3, -0.25) is 4.79 Å². The molecule has 2 N–H and O–H groups in total. The van der Waals surface area contributed by atoms with E-state index in [1.165, 1.54) is 6.42 Å². The molecule has 0 aromatic carbocycles. The van der Waals surface area contributed by atoms with Crippen LogP contribution in [-0.4, -0.2) is 17.6 Å². The average molecular weight is 181 g/mol. The Morgan fingerprint density at radius 1 is 1.54 bits per heavy atom. The molecule has 0 aromatic heterocycles. The lowest BCUT2D eigenvalue weighted by atomic mass is 9.84. The van der Waals surface area contributed by atoms with Crippen molar-refractivity contribution in [2.75, 3.05) is 0 Å². The summed E-state index contributed by atoms with van der Waals surface area (Å²) >= 11 is 0. The van der Waals surface area contributed by atoms with Crippen LogP contribution in [0.3, 0.4) is 0 Å². The molecule has 1 heterocycles. The van der Waals surface area contributed by atoms with E-state index in [-0.39, 0.29) is 12.0 Å². The normalized spacial score (nSPS) is 57.3. The van der Waals surface area contributed by atoms with Gasteiger partial charge in [0, 0.05) is 5.92 Å². The van der Waals surface area contributed by atoms with Crippen molar-refractivity contribution in [2.24, 2.45) is 23.5 Å².